The predicted molar refractivity (Wildman–Crippen MR) is 93.3 cm³/mol. The molecule has 0 saturated carbocycles. The second-order valence-corrected chi connectivity index (χ2v) is 7.46. The van der Waals surface area contributed by atoms with E-state index in [0.29, 0.717) is 0 Å². The first kappa shape index (κ1) is 21.8. The Morgan fingerprint density at radius 1 is 1.61 bits per heavy atom. The molecule has 4 atom stereocenters. The molecule has 0 spiro atoms. The molecule has 1 fully saturated rings. The summed E-state index contributed by atoms with van der Waals surface area (Å²) in [6.45, 7) is 0.494. The Kier molecular flexibility index (Phi) is 7.13. The largest absolute Gasteiger partial charge is 0.468 e. The Morgan fingerprint density at radius 2 is 2.32 bits per heavy atom. The lowest BCUT2D eigenvalue weighted by Crippen LogP contribution is -2.33. The summed E-state index contributed by atoms with van der Waals surface area (Å²) in [5, 5.41) is 5.57. The second kappa shape index (κ2) is 9.15. The minimum absolute atomic E-state index is 0.0782. The molecule has 28 heavy (non-hydrogen) atoms. The van der Waals surface area contributed by atoms with Gasteiger partial charge < -0.3 is 14.4 Å². The summed E-state index contributed by atoms with van der Waals surface area (Å²) < 4.78 is 27.9. The van der Waals surface area contributed by atoms with Crippen molar-refractivity contribution in [3.63, 3.8) is 0 Å². The van der Waals surface area contributed by atoms with Crippen LogP contribution in [-0.4, -0.2) is 52.8 Å². The van der Waals surface area contributed by atoms with Crippen LogP contribution in [0, 0.1) is 6.92 Å². The van der Waals surface area contributed by atoms with Gasteiger partial charge in [-0.05, 0) is 12.5 Å². The van der Waals surface area contributed by atoms with Crippen molar-refractivity contribution < 1.29 is 28.3 Å². The van der Waals surface area contributed by atoms with E-state index in [1.807, 2.05) is 5.09 Å². The number of esters is 1. The van der Waals surface area contributed by atoms with E-state index in [0.717, 1.165) is 11.7 Å². The van der Waals surface area contributed by atoms with Crippen LogP contribution in [0.4, 0.5) is 0 Å². The van der Waals surface area contributed by atoms with Gasteiger partial charge in [0.1, 0.15) is 12.8 Å². The summed E-state index contributed by atoms with van der Waals surface area (Å²) in [7, 11) is -3.24. The van der Waals surface area contributed by atoms with Gasteiger partial charge in [-0.1, -0.05) is 5.11 Å². The Bertz CT molecular complexity index is 938. The monoisotopic (exact) mass is 418 g/mol. The smallest absolute Gasteiger partial charge is 0.403 e. The normalized spacial score (nSPS) is 23.6. The molecule has 1 aliphatic heterocycles. The molecule has 15 heteroatoms. The van der Waals surface area contributed by atoms with Crippen LogP contribution in [-0.2, 0) is 23.4 Å². The highest BCUT2D eigenvalue weighted by Gasteiger charge is 2.38. The topological polar surface area (TPSA) is 198 Å². The summed E-state index contributed by atoms with van der Waals surface area (Å²) in [4.78, 5) is 49.0. The molecule has 0 amide bonds. The molecular weight excluding hydrogens is 399 g/mol. The maximum absolute atomic E-state index is 12.0. The Hall–Kier alpha value is -2.47. The van der Waals surface area contributed by atoms with Gasteiger partial charge in [0.05, 0.1) is 25.9 Å². The molecule has 3 N–H and O–H groups in total. The number of aromatic amines is 1. The number of nitrogens with one attached hydrogen (secondary N) is 2. The Morgan fingerprint density at radius 3 is 2.96 bits per heavy atom. The number of ether oxygens (including phenoxy) is 2. The standard InChI is InChI=1S/C13H19N6O8P/c1-7-5-19(13(22)16-12(7)21)10-3-8(17-18-14)9(27-10)6-26-28(23,24)15-4-11(20)25-2/h5,8-10H,3-4,6H2,1-2H3,(H2,15,23,24)(H,16,21,22)/t8-,9-,10?/m1/s1. The van der Waals surface area contributed by atoms with E-state index in [-0.39, 0.29) is 12.0 Å². The third-order valence-corrected chi connectivity index (χ3v) is 4.98. The van der Waals surface area contributed by atoms with Crippen LogP contribution in [0.5, 0.6) is 0 Å². The minimum atomic E-state index is -4.35. The van der Waals surface area contributed by atoms with Crippen molar-refractivity contribution in [2.75, 3.05) is 20.3 Å². The molecule has 154 valence electrons. The number of rotatable bonds is 8. The first-order valence-corrected chi connectivity index (χ1v) is 9.55. The van der Waals surface area contributed by atoms with Crippen LogP contribution in [0.1, 0.15) is 18.2 Å². The Balaban J connectivity index is 2.10. The van der Waals surface area contributed by atoms with Gasteiger partial charge in [0.25, 0.3) is 5.56 Å². The third-order valence-electron chi connectivity index (χ3n) is 3.92. The summed E-state index contributed by atoms with van der Waals surface area (Å²) in [5.74, 6) is -0.769. The molecule has 14 nitrogen and oxygen atoms in total. The number of H-pyrrole nitrogens is 1. The fourth-order valence-electron chi connectivity index (χ4n) is 2.48. The van der Waals surface area contributed by atoms with Gasteiger partial charge in [0.15, 0.2) is 0 Å². The third kappa shape index (κ3) is 5.52. The maximum atomic E-state index is 12.0. The lowest BCUT2D eigenvalue weighted by molar-refractivity contribution is -0.139. The lowest BCUT2D eigenvalue weighted by atomic mass is 10.1. The van der Waals surface area contributed by atoms with Crippen molar-refractivity contribution in [2.45, 2.75) is 31.7 Å². The maximum Gasteiger partial charge on any atom is 0.403 e. The van der Waals surface area contributed by atoms with Gasteiger partial charge in [-0.2, -0.15) is 0 Å². The highest BCUT2D eigenvalue weighted by Crippen LogP contribution is 2.39. The number of nitrogens with zero attached hydrogens (tertiary/aromatic N) is 4. The van der Waals surface area contributed by atoms with E-state index in [9.17, 15) is 23.8 Å². The van der Waals surface area contributed by atoms with Gasteiger partial charge in [0.2, 0.25) is 0 Å². The Labute approximate surface area is 157 Å². The lowest BCUT2D eigenvalue weighted by Gasteiger charge is -2.19. The van der Waals surface area contributed by atoms with Crippen LogP contribution >= 0.6 is 7.75 Å². The van der Waals surface area contributed by atoms with Gasteiger partial charge in [-0.25, -0.2) is 14.4 Å². The van der Waals surface area contributed by atoms with Crippen molar-refractivity contribution in [3.8, 4) is 0 Å². The van der Waals surface area contributed by atoms with Crippen molar-refractivity contribution >= 4 is 13.7 Å². The molecular formula is C13H19N6O8P. The van der Waals surface area contributed by atoms with Crippen LogP contribution < -0.4 is 16.3 Å². The van der Waals surface area contributed by atoms with Gasteiger partial charge >= 0.3 is 19.4 Å². The first-order chi connectivity index (χ1) is 13.2. The highest BCUT2D eigenvalue weighted by molar-refractivity contribution is 7.50. The summed E-state index contributed by atoms with van der Waals surface area (Å²) >= 11 is 0. The number of aromatic nitrogens is 2. The molecule has 0 aliphatic carbocycles. The average Bonchev–Trinajstić information content (AvgIpc) is 3.04. The van der Waals surface area contributed by atoms with Gasteiger partial charge in [-0.3, -0.25) is 23.7 Å². The molecule has 0 aromatic carbocycles. The van der Waals surface area contributed by atoms with E-state index in [4.69, 9.17) is 14.8 Å². The summed E-state index contributed by atoms with van der Waals surface area (Å²) in [6.07, 6.45) is -0.444. The second-order valence-electron chi connectivity index (χ2n) is 5.84. The average molecular weight is 418 g/mol. The number of hydrogen-bond acceptors (Lipinski definition) is 8. The van der Waals surface area contributed by atoms with Crippen LogP contribution in [0.15, 0.2) is 20.9 Å². The molecule has 2 rings (SSSR count). The minimum Gasteiger partial charge on any atom is -0.468 e. The fraction of sp³-hybridized carbons (Fsp3) is 0.615. The van der Waals surface area contributed by atoms with Crippen LogP contribution in [0.25, 0.3) is 10.4 Å². The highest BCUT2D eigenvalue weighted by atomic mass is 31.2. The summed E-state index contributed by atoms with van der Waals surface area (Å²) in [5.41, 5.74) is 7.74. The predicted octanol–water partition coefficient (Wildman–Crippen LogP) is -0.309. The van der Waals surface area contributed by atoms with E-state index in [2.05, 4.69) is 19.7 Å². The molecule has 0 bridgehead atoms. The molecule has 2 heterocycles. The van der Waals surface area contributed by atoms with E-state index in [1.54, 1.807) is 0 Å². The quantitative estimate of drug-likeness (QED) is 0.167. The molecule has 1 aromatic rings. The number of methoxy groups -OCH3 is 1. The molecule has 1 aliphatic rings. The zero-order chi connectivity index (χ0) is 20.9. The van der Waals surface area contributed by atoms with Crippen molar-refractivity contribution in [1.29, 1.82) is 0 Å². The zero-order valence-electron chi connectivity index (χ0n) is 15.0. The number of azide groups is 1. The van der Waals surface area contributed by atoms with Crippen molar-refractivity contribution in [1.82, 2.24) is 14.6 Å². The van der Waals surface area contributed by atoms with Crippen LogP contribution in [0.2, 0.25) is 0 Å². The number of carbonyl (C=O) groups excluding carboxylic acids is 1. The van der Waals surface area contributed by atoms with Gasteiger partial charge in [-0.15, -0.1) is 0 Å². The first-order valence-electron chi connectivity index (χ1n) is 7.98. The van der Waals surface area contributed by atoms with Crippen molar-refractivity contribution in [3.05, 3.63) is 43.0 Å². The van der Waals surface area contributed by atoms with Crippen molar-refractivity contribution in [2.24, 2.45) is 5.11 Å². The van der Waals surface area contributed by atoms with E-state index in [1.165, 1.54) is 13.1 Å². The number of hydrogen-bond donors (Lipinski definition) is 3. The zero-order valence-corrected chi connectivity index (χ0v) is 15.9. The van der Waals surface area contributed by atoms with E-state index >= 15 is 0 Å². The van der Waals surface area contributed by atoms with E-state index < -0.39 is 56.5 Å². The number of carbonyl (C=O) groups is 1. The molecule has 2 unspecified atom stereocenters. The summed E-state index contributed by atoms with van der Waals surface area (Å²) in [6, 6.07) is -0.797. The molecule has 1 aromatic heterocycles. The molecule has 0 radical (unpaired) electrons. The number of aryl methyl sites for hydroxylation is 1. The SMILES string of the molecule is COC(=O)CNP(=O)(O)OC[C@H]1OC(n2cc(C)c(=O)[nH]c2=O)C[C@H]1N=[N+]=[N-]. The molecule has 1 saturated heterocycles. The fourth-order valence-corrected chi connectivity index (χ4v) is 3.25. The van der Waals surface area contributed by atoms with Crippen LogP contribution in [0.3, 0.4) is 0 Å². The van der Waals surface area contributed by atoms with Gasteiger partial charge in [0, 0.05) is 23.1 Å².